The molecule has 1 fully saturated rings. The van der Waals surface area contributed by atoms with Crippen molar-refractivity contribution in [3.63, 3.8) is 0 Å². The van der Waals surface area contributed by atoms with Crippen LogP contribution in [0.15, 0.2) is 18.2 Å². The predicted molar refractivity (Wildman–Crippen MR) is 86.7 cm³/mol. The SMILES string of the molecule is Cc1cc(OC(C)C)ccc1NC1CCCCCCC1. The summed E-state index contributed by atoms with van der Waals surface area (Å²) in [7, 11) is 0. The molecule has 2 rings (SSSR count). The molecule has 0 unspecified atom stereocenters. The topological polar surface area (TPSA) is 21.3 Å². The Balaban J connectivity index is 1.97. The van der Waals surface area contributed by atoms with Crippen LogP contribution in [0, 0.1) is 6.92 Å². The van der Waals surface area contributed by atoms with Crippen molar-refractivity contribution in [2.24, 2.45) is 0 Å². The Morgan fingerprint density at radius 1 is 1.05 bits per heavy atom. The molecule has 0 aliphatic heterocycles. The molecule has 2 heteroatoms. The molecule has 1 aliphatic rings. The monoisotopic (exact) mass is 275 g/mol. The minimum Gasteiger partial charge on any atom is -0.491 e. The van der Waals surface area contributed by atoms with E-state index in [1.54, 1.807) is 0 Å². The summed E-state index contributed by atoms with van der Waals surface area (Å²) in [6, 6.07) is 7.04. The number of hydrogen-bond acceptors (Lipinski definition) is 2. The van der Waals surface area contributed by atoms with Crippen LogP contribution in [-0.4, -0.2) is 12.1 Å². The highest BCUT2D eigenvalue weighted by atomic mass is 16.5. The molecule has 0 amide bonds. The van der Waals surface area contributed by atoms with Gasteiger partial charge in [-0.1, -0.05) is 32.1 Å². The zero-order chi connectivity index (χ0) is 14.4. The van der Waals surface area contributed by atoms with Crippen molar-refractivity contribution >= 4 is 5.69 Å². The zero-order valence-corrected chi connectivity index (χ0v) is 13.2. The first-order valence-electron chi connectivity index (χ1n) is 8.19. The van der Waals surface area contributed by atoms with Gasteiger partial charge in [-0.25, -0.2) is 0 Å². The molecule has 0 aromatic heterocycles. The number of hydrogen-bond donors (Lipinski definition) is 1. The maximum Gasteiger partial charge on any atom is 0.120 e. The van der Waals surface area contributed by atoms with E-state index in [1.165, 1.54) is 56.2 Å². The van der Waals surface area contributed by atoms with Crippen molar-refractivity contribution in [3.05, 3.63) is 23.8 Å². The van der Waals surface area contributed by atoms with Gasteiger partial charge in [-0.15, -0.1) is 0 Å². The lowest BCUT2D eigenvalue weighted by Crippen LogP contribution is -2.21. The first kappa shape index (κ1) is 15.2. The molecule has 1 N–H and O–H groups in total. The second-order valence-corrected chi connectivity index (χ2v) is 6.33. The molecule has 0 spiro atoms. The van der Waals surface area contributed by atoms with Crippen LogP contribution in [0.2, 0.25) is 0 Å². The third kappa shape index (κ3) is 4.73. The number of ether oxygens (including phenoxy) is 1. The van der Waals surface area contributed by atoms with Crippen LogP contribution in [0.5, 0.6) is 5.75 Å². The van der Waals surface area contributed by atoms with Crippen LogP contribution in [0.1, 0.15) is 64.4 Å². The molecule has 1 saturated carbocycles. The lowest BCUT2D eigenvalue weighted by molar-refractivity contribution is 0.242. The Labute approximate surface area is 123 Å². The van der Waals surface area contributed by atoms with Gasteiger partial charge in [0.15, 0.2) is 0 Å². The molecular weight excluding hydrogens is 246 g/mol. The first-order valence-corrected chi connectivity index (χ1v) is 8.19. The van der Waals surface area contributed by atoms with E-state index < -0.39 is 0 Å². The largest absolute Gasteiger partial charge is 0.491 e. The Bertz CT molecular complexity index is 406. The maximum atomic E-state index is 5.75. The predicted octanol–water partition coefficient (Wildman–Crippen LogP) is 5.31. The molecule has 0 bridgehead atoms. The van der Waals surface area contributed by atoms with Gasteiger partial charge in [0.1, 0.15) is 5.75 Å². The van der Waals surface area contributed by atoms with Crippen molar-refractivity contribution in [1.82, 2.24) is 0 Å². The molecule has 1 aromatic rings. The van der Waals surface area contributed by atoms with E-state index in [-0.39, 0.29) is 6.10 Å². The van der Waals surface area contributed by atoms with E-state index in [1.807, 2.05) is 0 Å². The Morgan fingerprint density at radius 2 is 1.70 bits per heavy atom. The number of nitrogens with one attached hydrogen (secondary N) is 1. The van der Waals surface area contributed by atoms with Gasteiger partial charge in [-0.05, 0) is 57.4 Å². The van der Waals surface area contributed by atoms with Crippen LogP contribution in [0.4, 0.5) is 5.69 Å². The lowest BCUT2D eigenvalue weighted by Gasteiger charge is -2.23. The minimum atomic E-state index is 0.235. The summed E-state index contributed by atoms with van der Waals surface area (Å²) in [6.07, 6.45) is 9.81. The summed E-state index contributed by atoms with van der Waals surface area (Å²) < 4.78 is 5.75. The summed E-state index contributed by atoms with van der Waals surface area (Å²) in [5.74, 6) is 0.973. The highest BCUT2D eigenvalue weighted by Crippen LogP contribution is 2.26. The Kier molecular flexibility index (Phi) is 5.75. The Hall–Kier alpha value is -1.18. The van der Waals surface area contributed by atoms with Gasteiger partial charge in [0.2, 0.25) is 0 Å². The number of rotatable bonds is 4. The molecule has 0 heterocycles. The fourth-order valence-corrected chi connectivity index (χ4v) is 2.96. The van der Waals surface area contributed by atoms with Crippen molar-refractivity contribution in [2.45, 2.75) is 77.9 Å². The second-order valence-electron chi connectivity index (χ2n) is 6.33. The third-order valence-electron chi connectivity index (χ3n) is 4.03. The fourth-order valence-electron chi connectivity index (χ4n) is 2.96. The van der Waals surface area contributed by atoms with Gasteiger partial charge in [-0.2, -0.15) is 0 Å². The van der Waals surface area contributed by atoms with Crippen LogP contribution < -0.4 is 10.1 Å². The smallest absolute Gasteiger partial charge is 0.120 e. The molecule has 20 heavy (non-hydrogen) atoms. The number of benzene rings is 1. The quantitative estimate of drug-likeness (QED) is 0.804. The van der Waals surface area contributed by atoms with Crippen molar-refractivity contribution < 1.29 is 4.74 Å². The fraction of sp³-hybridized carbons (Fsp3) is 0.667. The van der Waals surface area contributed by atoms with E-state index in [2.05, 4.69) is 44.3 Å². The van der Waals surface area contributed by atoms with E-state index in [4.69, 9.17) is 4.74 Å². The van der Waals surface area contributed by atoms with Crippen LogP contribution in [-0.2, 0) is 0 Å². The zero-order valence-electron chi connectivity index (χ0n) is 13.2. The van der Waals surface area contributed by atoms with Crippen molar-refractivity contribution in [1.29, 1.82) is 0 Å². The number of aryl methyl sites for hydroxylation is 1. The molecule has 1 aromatic carbocycles. The Morgan fingerprint density at radius 3 is 2.30 bits per heavy atom. The summed E-state index contributed by atoms with van der Waals surface area (Å²) in [4.78, 5) is 0. The molecule has 112 valence electrons. The van der Waals surface area contributed by atoms with Crippen molar-refractivity contribution in [3.8, 4) is 5.75 Å². The lowest BCUT2D eigenvalue weighted by atomic mass is 9.96. The highest BCUT2D eigenvalue weighted by Gasteiger charge is 2.12. The van der Waals surface area contributed by atoms with E-state index in [0.717, 1.165) is 5.75 Å². The van der Waals surface area contributed by atoms with Gasteiger partial charge < -0.3 is 10.1 Å². The molecular formula is C18H29NO. The average Bonchev–Trinajstić information content (AvgIpc) is 2.34. The van der Waals surface area contributed by atoms with Crippen LogP contribution >= 0.6 is 0 Å². The molecule has 2 nitrogen and oxygen atoms in total. The minimum absolute atomic E-state index is 0.235. The van der Waals surface area contributed by atoms with Crippen LogP contribution in [0.25, 0.3) is 0 Å². The standard InChI is InChI=1S/C18H29NO/c1-14(2)20-17-11-12-18(15(3)13-17)19-16-9-7-5-4-6-8-10-16/h11-14,16,19H,4-10H2,1-3H3. The summed E-state index contributed by atoms with van der Waals surface area (Å²) in [6.45, 7) is 6.30. The molecule has 1 aliphatic carbocycles. The first-order chi connectivity index (χ1) is 9.65. The van der Waals surface area contributed by atoms with Crippen LogP contribution in [0.3, 0.4) is 0 Å². The molecule has 0 saturated heterocycles. The van der Waals surface area contributed by atoms with Gasteiger partial charge in [0, 0.05) is 11.7 Å². The molecule has 0 atom stereocenters. The van der Waals surface area contributed by atoms with Gasteiger partial charge in [0.05, 0.1) is 6.10 Å². The van der Waals surface area contributed by atoms with Gasteiger partial charge >= 0.3 is 0 Å². The third-order valence-corrected chi connectivity index (χ3v) is 4.03. The highest BCUT2D eigenvalue weighted by molar-refractivity contribution is 5.54. The molecule has 0 radical (unpaired) electrons. The van der Waals surface area contributed by atoms with Crippen molar-refractivity contribution in [2.75, 3.05) is 5.32 Å². The normalized spacial score (nSPS) is 17.6. The summed E-state index contributed by atoms with van der Waals surface area (Å²) >= 11 is 0. The number of anilines is 1. The summed E-state index contributed by atoms with van der Waals surface area (Å²) in [5.41, 5.74) is 2.55. The second kappa shape index (κ2) is 7.56. The van der Waals surface area contributed by atoms with Gasteiger partial charge in [-0.3, -0.25) is 0 Å². The van der Waals surface area contributed by atoms with E-state index >= 15 is 0 Å². The summed E-state index contributed by atoms with van der Waals surface area (Å²) in [5, 5.41) is 3.74. The average molecular weight is 275 g/mol. The van der Waals surface area contributed by atoms with Gasteiger partial charge in [0.25, 0.3) is 0 Å². The maximum absolute atomic E-state index is 5.75. The van der Waals surface area contributed by atoms with E-state index in [9.17, 15) is 0 Å². The van der Waals surface area contributed by atoms with E-state index in [0.29, 0.717) is 6.04 Å².